The molecule has 0 saturated heterocycles. The maximum atomic E-state index is 11.0. The highest BCUT2D eigenvalue weighted by atomic mass is 35.5. The van der Waals surface area contributed by atoms with Gasteiger partial charge < -0.3 is 9.62 Å². The highest BCUT2D eigenvalue weighted by molar-refractivity contribution is 6.30. The smallest absolute Gasteiger partial charge is 0.346 e. The summed E-state index contributed by atoms with van der Waals surface area (Å²) in [6, 6.07) is 14.1. The highest BCUT2D eigenvalue weighted by Crippen LogP contribution is 2.26. The Balaban J connectivity index is 0.00000200. The summed E-state index contributed by atoms with van der Waals surface area (Å²) in [6.07, 6.45) is -0.0811. The van der Waals surface area contributed by atoms with Crippen LogP contribution in [0.15, 0.2) is 48.5 Å². The van der Waals surface area contributed by atoms with Crippen molar-refractivity contribution < 1.29 is 19.7 Å². The van der Waals surface area contributed by atoms with Crippen LogP contribution in [0.25, 0.3) is 0 Å². The van der Waals surface area contributed by atoms with Gasteiger partial charge in [0.2, 0.25) is 0 Å². The molecule has 0 bridgehead atoms. The first-order chi connectivity index (χ1) is 9.17. The molecule has 6 heteroatoms. The lowest BCUT2D eigenvalue weighted by molar-refractivity contribution is -0.233. The van der Waals surface area contributed by atoms with E-state index in [1.54, 1.807) is 18.2 Å². The van der Waals surface area contributed by atoms with Crippen molar-refractivity contribution in [2.24, 2.45) is 0 Å². The van der Waals surface area contributed by atoms with Crippen molar-refractivity contribution in [2.45, 2.75) is 6.42 Å². The second-order valence-electron chi connectivity index (χ2n) is 3.85. The van der Waals surface area contributed by atoms with Gasteiger partial charge in [-0.15, -0.1) is 0 Å². The molecule has 0 aliphatic heterocycles. The highest BCUT2D eigenvalue weighted by Gasteiger charge is 2.08. The van der Waals surface area contributed by atoms with Gasteiger partial charge in [0.05, 0.1) is 6.42 Å². The average molecular weight is 306 g/mol. The van der Waals surface area contributed by atoms with Gasteiger partial charge in [0.15, 0.2) is 0 Å². The maximum Gasteiger partial charge on any atom is 0.346 e. The Bertz CT molecular complexity index is 575. The van der Waals surface area contributed by atoms with Crippen LogP contribution in [-0.2, 0) is 16.1 Å². The van der Waals surface area contributed by atoms with E-state index in [2.05, 4.69) is 4.89 Å². The number of hydrogen-bond acceptors (Lipinski definition) is 4. The summed E-state index contributed by atoms with van der Waals surface area (Å²) in [4.78, 5) is 14.6. The van der Waals surface area contributed by atoms with Crippen LogP contribution in [-0.4, -0.2) is 28.6 Å². The molecule has 0 heterocycles. The Kier molecular flexibility index (Phi) is 6.56. The van der Waals surface area contributed by atoms with E-state index in [4.69, 9.17) is 21.6 Å². The van der Waals surface area contributed by atoms with Crippen LogP contribution < -0.4 is 4.74 Å². The molecule has 2 aromatic rings. The van der Waals surface area contributed by atoms with Gasteiger partial charge in [-0.25, -0.2) is 4.79 Å². The Morgan fingerprint density at radius 3 is 2.45 bits per heavy atom. The number of para-hydroxylation sites is 1. The van der Waals surface area contributed by atoms with E-state index in [1.165, 1.54) is 0 Å². The molecule has 0 fully saturated rings. The van der Waals surface area contributed by atoms with Gasteiger partial charge in [-0.3, -0.25) is 0 Å². The summed E-state index contributed by atoms with van der Waals surface area (Å²) in [5.74, 6) is 0.424. The van der Waals surface area contributed by atoms with Crippen molar-refractivity contribution in [3.63, 3.8) is 0 Å². The first kappa shape index (κ1) is 16.5. The number of carbonyl (C=O) groups excluding carboxylic acids is 1. The van der Waals surface area contributed by atoms with Crippen LogP contribution in [0, 0.1) is 0 Å². The topological polar surface area (TPSA) is 55.8 Å². The third kappa shape index (κ3) is 4.88. The predicted molar refractivity (Wildman–Crippen MR) is 76.1 cm³/mol. The van der Waals surface area contributed by atoms with Crippen molar-refractivity contribution in [3.8, 4) is 11.5 Å². The minimum atomic E-state index is -0.757. The third-order valence-corrected chi connectivity index (χ3v) is 2.58. The summed E-state index contributed by atoms with van der Waals surface area (Å²) in [5.41, 5.74) is 0.595. The van der Waals surface area contributed by atoms with Crippen LogP contribution in [0.3, 0.4) is 0 Å². The molecule has 0 unspecified atom stereocenters. The molecule has 0 aliphatic rings. The summed E-state index contributed by atoms with van der Waals surface area (Å²) in [6.45, 7) is 0. The van der Waals surface area contributed by atoms with Gasteiger partial charge >= 0.3 is 5.97 Å². The average Bonchev–Trinajstić information content (AvgIpc) is 2.39. The summed E-state index contributed by atoms with van der Waals surface area (Å²) in [5, 5.41) is 8.70. The zero-order valence-electron chi connectivity index (χ0n) is 10.5. The lowest BCUT2D eigenvalue weighted by Gasteiger charge is -2.08. The van der Waals surface area contributed by atoms with E-state index in [1.807, 2.05) is 30.3 Å². The monoisotopic (exact) mass is 305 g/mol. The zero-order chi connectivity index (χ0) is 13.7. The zero-order valence-corrected chi connectivity index (χ0v) is 12.4. The van der Waals surface area contributed by atoms with Crippen molar-refractivity contribution >= 4 is 34.9 Å². The first-order valence-corrected chi connectivity index (χ1v) is 5.92. The third-order valence-electron chi connectivity index (χ3n) is 2.36. The molecule has 3 radical (unpaired) electrons. The van der Waals surface area contributed by atoms with E-state index < -0.39 is 5.97 Å². The number of ether oxygens (including phenoxy) is 1. The molecular formula is C14H11AlClO4. The fraction of sp³-hybridized carbons (Fsp3) is 0.0714. The molecule has 4 nitrogen and oxygen atoms in total. The Hall–Kier alpha value is -1.51. The van der Waals surface area contributed by atoms with Gasteiger partial charge in [-0.2, -0.15) is 5.26 Å². The Morgan fingerprint density at radius 2 is 1.80 bits per heavy atom. The molecule has 2 aromatic carbocycles. The number of benzene rings is 2. The molecule has 20 heavy (non-hydrogen) atoms. The maximum absolute atomic E-state index is 11.0. The molecule has 2 rings (SSSR count). The Labute approximate surface area is 132 Å². The van der Waals surface area contributed by atoms with Crippen molar-refractivity contribution in [1.82, 2.24) is 0 Å². The van der Waals surface area contributed by atoms with Crippen LogP contribution in [0.1, 0.15) is 5.56 Å². The van der Waals surface area contributed by atoms with E-state index >= 15 is 0 Å². The summed E-state index contributed by atoms with van der Waals surface area (Å²) >= 11 is 5.95. The van der Waals surface area contributed by atoms with E-state index in [0.29, 0.717) is 22.1 Å². The van der Waals surface area contributed by atoms with Gasteiger partial charge in [0.1, 0.15) is 11.5 Å². The van der Waals surface area contributed by atoms with Gasteiger partial charge in [-0.05, 0) is 35.9 Å². The quantitative estimate of drug-likeness (QED) is 0.535. The molecule has 101 valence electrons. The van der Waals surface area contributed by atoms with Crippen LogP contribution >= 0.6 is 11.6 Å². The van der Waals surface area contributed by atoms with Crippen molar-refractivity contribution in [2.75, 3.05) is 0 Å². The SMILES string of the molecule is O=C(Cc1cc(Cl)cc(Oc2ccccc2)c1)OO.[Al]. The molecular weight excluding hydrogens is 295 g/mol. The molecule has 0 atom stereocenters. The number of rotatable bonds is 4. The van der Waals surface area contributed by atoms with Crippen molar-refractivity contribution in [3.05, 3.63) is 59.1 Å². The molecule has 0 amide bonds. The van der Waals surface area contributed by atoms with Crippen LogP contribution in [0.4, 0.5) is 0 Å². The number of hydrogen-bond donors (Lipinski definition) is 1. The second kappa shape index (κ2) is 7.93. The predicted octanol–water partition coefficient (Wildman–Crippen LogP) is 3.31. The molecule has 0 aromatic heterocycles. The van der Waals surface area contributed by atoms with Crippen molar-refractivity contribution in [1.29, 1.82) is 0 Å². The Morgan fingerprint density at radius 1 is 1.10 bits per heavy atom. The molecule has 0 aliphatic carbocycles. The standard InChI is InChI=1S/C14H11ClO4.Al/c15-11-6-10(8-14(16)19-17)7-13(9-11)18-12-4-2-1-3-5-12;/h1-7,9,17H,8H2;. The lowest BCUT2D eigenvalue weighted by atomic mass is 10.1. The number of carbonyl (C=O) groups is 1. The lowest BCUT2D eigenvalue weighted by Crippen LogP contribution is -2.04. The van der Waals surface area contributed by atoms with E-state index in [0.717, 1.165) is 0 Å². The molecule has 0 spiro atoms. The summed E-state index contributed by atoms with van der Waals surface area (Å²) < 4.78 is 5.62. The fourth-order valence-electron chi connectivity index (χ4n) is 1.61. The summed E-state index contributed by atoms with van der Waals surface area (Å²) in [7, 11) is 0. The largest absolute Gasteiger partial charge is 0.457 e. The second-order valence-corrected chi connectivity index (χ2v) is 4.29. The van der Waals surface area contributed by atoms with Gasteiger partial charge in [0.25, 0.3) is 0 Å². The first-order valence-electron chi connectivity index (χ1n) is 5.54. The minimum absolute atomic E-state index is 0. The normalized spacial score (nSPS) is 9.50. The van der Waals surface area contributed by atoms with Crippen LogP contribution in [0.2, 0.25) is 5.02 Å². The van der Waals surface area contributed by atoms with Gasteiger partial charge in [0, 0.05) is 22.4 Å². The minimum Gasteiger partial charge on any atom is -0.457 e. The van der Waals surface area contributed by atoms with Crippen LogP contribution in [0.5, 0.6) is 11.5 Å². The van der Waals surface area contributed by atoms with Gasteiger partial charge in [-0.1, -0.05) is 29.8 Å². The number of halogens is 1. The van der Waals surface area contributed by atoms with E-state index in [-0.39, 0.29) is 23.8 Å². The fourth-order valence-corrected chi connectivity index (χ4v) is 1.85. The van der Waals surface area contributed by atoms with E-state index in [9.17, 15) is 4.79 Å². The molecule has 0 saturated carbocycles. The molecule has 1 N–H and O–H groups in total.